The van der Waals surface area contributed by atoms with Crippen LogP contribution in [0.2, 0.25) is 0 Å². The van der Waals surface area contributed by atoms with Crippen LogP contribution in [0.15, 0.2) is 17.7 Å². The van der Waals surface area contributed by atoms with E-state index in [0.29, 0.717) is 6.42 Å². The van der Waals surface area contributed by atoms with Gasteiger partial charge in [0.15, 0.2) is 0 Å². The number of hydrogen-bond acceptors (Lipinski definition) is 9. The molecule has 2 heterocycles. The Morgan fingerprint density at radius 2 is 2.09 bits per heavy atom. The van der Waals surface area contributed by atoms with Crippen LogP contribution in [-0.2, 0) is 33.3 Å². The second-order valence-corrected chi connectivity index (χ2v) is 9.01. The number of amides is 1. The molecule has 10 nitrogen and oxygen atoms in total. The molecular formula is C22H36BN2O8. The molecule has 8 atom stereocenters. The van der Waals surface area contributed by atoms with E-state index in [0.717, 1.165) is 6.29 Å². The summed E-state index contributed by atoms with van der Waals surface area (Å²) in [6.07, 6.45) is -1.29. The third-order valence-electron chi connectivity index (χ3n) is 6.50. The number of rotatable bonds is 10. The molecule has 2 aliphatic heterocycles. The summed E-state index contributed by atoms with van der Waals surface area (Å²) in [5, 5.41) is 3.24. The van der Waals surface area contributed by atoms with Crippen LogP contribution in [0.4, 0.5) is 4.79 Å². The summed E-state index contributed by atoms with van der Waals surface area (Å²) in [6.45, 7) is 13.3. The summed E-state index contributed by atoms with van der Waals surface area (Å²) in [7, 11) is 6.72. The van der Waals surface area contributed by atoms with Gasteiger partial charge in [-0.25, -0.2) is 0 Å². The van der Waals surface area contributed by atoms with Gasteiger partial charge in [-0.15, -0.1) is 0 Å². The fourth-order valence-corrected chi connectivity index (χ4v) is 4.44. The predicted octanol–water partition coefficient (Wildman–Crippen LogP) is 2.40. The van der Waals surface area contributed by atoms with E-state index in [1.165, 1.54) is 13.2 Å². The zero-order valence-electron chi connectivity index (χ0n) is 20.3. The number of nitrogens with zero attached hydrogens (tertiary/aromatic N) is 2. The molecule has 0 aliphatic carbocycles. The summed E-state index contributed by atoms with van der Waals surface area (Å²) in [5.41, 5.74) is -0.986. The monoisotopic (exact) mass is 467 g/mol. The first-order valence-corrected chi connectivity index (χ1v) is 11.2. The van der Waals surface area contributed by atoms with Crippen LogP contribution in [0.25, 0.3) is 0 Å². The van der Waals surface area contributed by atoms with Crippen molar-refractivity contribution in [1.29, 1.82) is 0 Å². The minimum atomic E-state index is -0.986. The molecule has 2 aliphatic rings. The molecule has 2 rings (SSSR count). The van der Waals surface area contributed by atoms with Gasteiger partial charge in [0.05, 0.1) is 0 Å². The van der Waals surface area contributed by atoms with Crippen LogP contribution >= 0.6 is 0 Å². The summed E-state index contributed by atoms with van der Waals surface area (Å²) in [4.78, 5) is 31.4. The van der Waals surface area contributed by atoms with Crippen molar-refractivity contribution in [3.05, 3.63) is 12.7 Å². The molecule has 0 saturated carbocycles. The van der Waals surface area contributed by atoms with Gasteiger partial charge in [0.25, 0.3) is 0 Å². The number of hydrogen-bond donors (Lipinski definition) is 0. The molecule has 1 radical (unpaired) electrons. The summed E-state index contributed by atoms with van der Waals surface area (Å²) in [6, 6.07) is -0.284. The Bertz CT molecular complexity index is 695. The van der Waals surface area contributed by atoms with Crippen molar-refractivity contribution in [2.45, 2.75) is 84.0 Å². The van der Waals surface area contributed by atoms with Crippen molar-refractivity contribution in [1.82, 2.24) is 4.90 Å². The van der Waals surface area contributed by atoms with Crippen LogP contribution in [0.1, 0.15) is 41.0 Å². The minimum absolute atomic E-state index is 0.0304. The van der Waals surface area contributed by atoms with Crippen molar-refractivity contribution in [3.63, 3.8) is 0 Å². The van der Waals surface area contributed by atoms with Gasteiger partial charge in [-0.1, -0.05) is 12.7 Å². The average Bonchev–Trinajstić information content (AvgIpc) is 2.77. The summed E-state index contributed by atoms with van der Waals surface area (Å²) in [5.74, 6) is 0.0304. The Balaban J connectivity index is 2.15. The SMILES string of the molecule is [B]=NOC1OC(C)C(C)(C=O)C(OC)C1OC1CC(C)C(N(C(=O)OCC=C)C(C)C)CO1. The second kappa shape index (κ2) is 12.1. The van der Waals surface area contributed by atoms with Crippen LogP contribution in [0, 0.1) is 11.3 Å². The average molecular weight is 467 g/mol. The third kappa shape index (κ3) is 6.01. The number of carbonyl (C=O) groups is 2. The molecule has 0 aromatic rings. The fourth-order valence-electron chi connectivity index (χ4n) is 4.44. The van der Waals surface area contributed by atoms with E-state index in [-0.39, 0.29) is 31.2 Å². The molecule has 33 heavy (non-hydrogen) atoms. The Morgan fingerprint density at radius 3 is 2.61 bits per heavy atom. The number of aldehydes is 1. The number of carbonyl (C=O) groups excluding carboxylic acids is 2. The Labute approximate surface area is 196 Å². The van der Waals surface area contributed by atoms with Crippen molar-refractivity contribution in [3.8, 4) is 0 Å². The first kappa shape index (κ1) is 27.4. The summed E-state index contributed by atoms with van der Waals surface area (Å²) >= 11 is 0. The molecule has 0 aromatic carbocycles. The quantitative estimate of drug-likeness (QED) is 0.209. The molecule has 8 unspecified atom stereocenters. The maximum atomic E-state index is 12.6. The first-order chi connectivity index (χ1) is 15.6. The number of ether oxygens (including phenoxy) is 5. The van der Waals surface area contributed by atoms with E-state index >= 15 is 0 Å². The normalized spacial score (nSPS) is 36.6. The van der Waals surface area contributed by atoms with Crippen LogP contribution in [0.5, 0.6) is 0 Å². The molecule has 2 saturated heterocycles. The Hall–Kier alpha value is -1.82. The van der Waals surface area contributed by atoms with E-state index in [9.17, 15) is 9.59 Å². The zero-order chi connectivity index (χ0) is 24.8. The zero-order valence-corrected chi connectivity index (χ0v) is 20.3. The van der Waals surface area contributed by atoms with Gasteiger partial charge in [-0.05, 0) is 0 Å². The molecule has 11 heteroatoms. The van der Waals surface area contributed by atoms with Gasteiger partial charge in [-0.3, -0.25) is 0 Å². The van der Waals surface area contributed by atoms with Crippen LogP contribution < -0.4 is 0 Å². The fraction of sp³-hybridized carbons (Fsp3) is 0.818. The van der Waals surface area contributed by atoms with E-state index in [2.05, 4.69) is 11.6 Å². The van der Waals surface area contributed by atoms with Gasteiger partial charge in [0, 0.05) is 0 Å². The van der Waals surface area contributed by atoms with E-state index in [1.54, 1.807) is 18.7 Å². The van der Waals surface area contributed by atoms with Gasteiger partial charge in [-0.2, -0.15) is 0 Å². The first-order valence-electron chi connectivity index (χ1n) is 11.2. The topological polar surface area (TPSA) is 105 Å². The molecule has 0 bridgehead atoms. The maximum absolute atomic E-state index is 12.6. The van der Waals surface area contributed by atoms with Gasteiger partial charge >= 0.3 is 177 Å². The van der Waals surface area contributed by atoms with Gasteiger partial charge in [0.2, 0.25) is 0 Å². The molecular weight excluding hydrogens is 431 g/mol. The van der Waals surface area contributed by atoms with E-state index < -0.39 is 42.4 Å². The van der Waals surface area contributed by atoms with Crippen molar-refractivity contribution in [2.24, 2.45) is 16.4 Å². The predicted molar refractivity (Wildman–Crippen MR) is 119 cm³/mol. The molecule has 2 fully saturated rings. The van der Waals surface area contributed by atoms with Crippen molar-refractivity contribution < 1.29 is 38.1 Å². The third-order valence-corrected chi connectivity index (χ3v) is 6.50. The molecule has 0 N–H and O–H groups in total. The van der Waals surface area contributed by atoms with Gasteiger partial charge in [0.1, 0.15) is 6.61 Å². The summed E-state index contributed by atoms with van der Waals surface area (Å²) < 4.78 is 29.0. The van der Waals surface area contributed by atoms with Crippen molar-refractivity contribution in [2.75, 3.05) is 20.3 Å². The molecule has 1 amide bonds. The van der Waals surface area contributed by atoms with E-state index in [1.807, 2.05) is 20.8 Å². The van der Waals surface area contributed by atoms with Gasteiger partial charge < -0.3 is 0 Å². The van der Waals surface area contributed by atoms with Crippen LogP contribution in [-0.4, -0.2) is 88.2 Å². The molecule has 0 spiro atoms. The van der Waals surface area contributed by atoms with Crippen LogP contribution in [0.3, 0.4) is 0 Å². The van der Waals surface area contributed by atoms with Crippen molar-refractivity contribution >= 4 is 20.0 Å². The molecule has 0 aromatic heterocycles. The van der Waals surface area contributed by atoms with E-state index in [4.69, 9.17) is 36.2 Å². The second-order valence-electron chi connectivity index (χ2n) is 9.01. The number of methoxy groups -OCH3 is 1. The molecule has 185 valence electrons. The standard InChI is InChI=1S/C22H36BN2O8/c1-8-9-29-21(27)25(13(2)3)16-11-30-17(10-14(16)4)32-18-19(28-7)22(6,12-26)15(5)31-20(18)33-24-23/h8,12-20H,1,9-11H2,2-7H3. The Kier molecular flexibility index (Phi) is 10.0. The Morgan fingerprint density at radius 1 is 1.39 bits per heavy atom.